The van der Waals surface area contributed by atoms with Crippen molar-refractivity contribution in [2.45, 2.75) is 70.0 Å². The second-order valence-electron chi connectivity index (χ2n) is 9.57. The molecule has 1 aromatic heterocycles. The van der Waals surface area contributed by atoms with Crippen LogP contribution in [0, 0.1) is 11.7 Å². The van der Waals surface area contributed by atoms with Gasteiger partial charge in [0.25, 0.3) is 0 Å². The highest BCUT2D eigenvalue weighted by Crippen LogP contribution is 2.36. The fraction of sp³-hybridized carbons (Fsp3) is 0.519. The molecular formula is C27H35FN4O3. The molecule has 8 heteroatoms. The minimum atomic E-state index is -0.518. The molecule has 2 N–H and O–H groups in total. The standard InChI is InChI=1S/C27H35FN4O3/c1-18(29-2)26(33)31-25(19-7-4-3-5-8-19)27(34)32-16-6-9-23(32)20-14-15-30-24(17-20)35-22-12-10-21(28)11-13-22/h10-15,17-19,23,25,29H,3-9,16H2,1-2H3,(H,31,33)/t18-,23?,25-/m0/s1. The van der Waals surface area contributed by atoms with Gasteiger partial charge < -0.3 is 20.3 Å². The summed E-state index contributed by atoms with van der Waals surface area (Å²) in [5.41, 5.74) is 0.945. The molecule has 0 spiro atoms. The Kier molecular flexibility index (Phi) is 8.33. The number of carbonyl (C=O) groups is 2. The fourth-order valence-corrected chi connectivity index (χ4v) is 5.13. The van der Waals surface area contributed by atoms with Gasteiger partial charge in [0.05, 0.1) is 12.1 Å². The van der Waals surface area contributed by atoms with E-state index in [9.17, 15) is 14.0 Å². The summed E-state index contributed by atoms with van der Waals surface area (Å²) < 4.78 is 19.0. The van der Waals surface area contributed by atoms with E-state index >= 15 is 0 Å². The van der Waals surface area contributed by atoms with E-state index in [1.165, 1.54) is 18.6 Å². The van der Waals surface area contributed by atoms with Gasteiger partial charge in [0, 0.05) is 18.8 Å². The van der Waals surface area contributed by atoms with Crippen molar-refractivity contribution in [2.24, 2.45) is 5.92 Å². The number of amides is 2. The third-order valence-corrected chi connectivity index (χ3v) is 7.23. The van der Waals surface area contributed by atoms with E-state index in [4.69, 9.17) is 4.74 Å². The van der Waals surface area contributed by atoms with E-state index in [1.54, 1.807) is 32.3 Å². The predicted octanol–water partition coefficient (Wildman–Crippen LogP) is 4.35. The summed E-state index contributed by atoms with van der Waals surface area (Å²) in [7, 11) is 1.74. The van der Waals surface area contributed by atoms with Crippen molar-refractivity contribution in [1.82, 2.24) is 20.5 Å². The van der Waals surface area contributed by atoms with Gasteiger partial charge >= 0.3 is 0 Å². The Morgan fingerprint density at radius 3 is 2.54 bits per heavy atom. The molecule has 188 valence electrons. The zero-order valence-electron chi connectivity index (χ0n) is 20.5. The first kappa shape index (κ1) is 25.1. The van der Waals surface area contributed by atoms with Crippen LogP contribution in [0.5, 0.6) is 11.6 Å². The Balaban J connectivity index is 1.53. The van der Waals surface area contributed by atoms with Gasteiger partial charge in [-0.15, -0.1) is 0 Å². The number of nitrogens with one attached hydrogen (secondary N) is 2. The average molecular weight is 483 g/mol. The summed E-state index contributed by atoms with van der Waals surface area (Å²) in [5, 5.41) is 6.04. The van der Waals surface area contributed by atoms with Crippen LogP contribution >= 0.6 is 0 Å². The molecule has 2 amide bonds. The van der Waals surface area contributed by atoms with Gasteiger partial charge in [-0.05, 0) is 81.5 Å². The molecule has 3 atom stereocenters. The Morgan fingerprint density at radius 2 is 1.83 bits per heavy atom. The number of likely N-dealkylation sites (N-methyl/N-ethyl adjacent to an activating group) is 1. The zero-order chi connectivity index (χ0) is 24.8. The molecule has 1 aliphatic carbocycles. The molecule has 0 bridgehead atoms. The lowest BCUT2D eigenvalue weighted by atomic mass is 9.83. The van der Waals surface area contributed by atoms with E-state index in [-0.39, 0.29) is 35.6 Å². The van der Waals surface area contributed by atoms with Crippen molar-refractivity contribution < 1.29 is 18.7 Å². The van der Waals surface area contributed by atoms with E-state index in [2.05, 4.69) is 15.6 Å². The molecule has 1 saturated carbocycles. The maximum Gasteiger partial charge on any atom is 0.245 e. The van der Waals surface area contributed by atoms with Crippen LogP contribution in [0.4, 0.5) is 4.39 Å². The first-order valence-corrected chi connectivity index (χ1v) is 12.6. The van der Waals surface area contributed by atoms with Crippen LogP contribution in [0.25, 0.3) is 0 Å². The molecule has 1 saturated heterocycles. The number of hydrogen-bond donors (Lipinski definition) is 2. The summed E-state index contributed by atoms with van der Waals surface area (Å²) in [6.07, 6.45) is 8.66. The average Bonchev–Trinajstić information content (AvgIpc) is 3.38. The molecule has 0 radical (unpaired) electrons. The first-order chi connectivity index (χ1) is 17.0. The number of rotatable bonds is 8. The SMILES string of the molecule is CN[C@@H](C)C(=O)N[C@H](C(=O)N1CCCC1c1ccnc(Oc2ccc(F)cc2)c1)C1CCCCC1. The van der Waals surface area contributed by atoms with Gasteiger partial charge in [0.2, 0.25) is 17.7 Å². The van der Waals surface area contributed by atoms with Crippen molar-refractivity contribution in [2.75, 3.05) is 13.6 Å². The maximum absolute atomic E-state index is 13.9. The van der Waals surface area contributed by atoms with Crippen molar-refractivity contribution >= 4 is 11.8 Å². The Labute approximate surface area is 206 Å². The molecule has 7 nitrogen and oxygen atoms in total. The Hall–Kier alpha value is -3.00. The lowest BCUT2D eigenvalue weighted by Gasteiger charge is -2.35. The largest absolute Gasteiger partial charge is 0.439 e. The number of halogens is 1. The second-order valence-corrected chi connectivity index (χ2v) is 9.57. The summed E-state index contributed by atoms with van der Waals surface area (Å²) >= 11 is 0. The van der Waals surface area contributed by atoms with Crippen LogP contribution < -0.4 is 15.4 Å². The van der Waals surface area contributed by atoms with Crippen LogP contribution in [-0.4, -0.2) is 47.4 Å². The number of carbonyl (C=O) groups excluding carboxylic acids is 2. The smallest absolute Gasteiger partial charge is 0.245 e. The van der Waals surface area contributed by atoms with Gasteiger partial charge in [-0.2, -0.15) is 0 Å². The molecule has 1 unspecified atom stereocenters. The van der Waals surface area contributed by atoms with Gasteiger partial charge in [0.15, 0.2) is 0 Å². The fourth-order valence-electron chi connectivity index (χ4n) is 5.13. The molecule has 2 aliphatic rings. The second kappa shape index (κ2) is 11.6. The molecule has 2 aromatic rings. The summed E-state index contributed by atoms with van der Waals surface area (Å²) in [6.45, 7) is 2.46. The number of benzene rings is 1. The van der Waals surface area contributed by atoms with Crippen molar-refractivity contribution in [3.8, 4) is 11.6 Å². The van der Waals surface area contributed by atoms with Gasteiger partial charge in [-0.3, -0.25) is 9.59 Å². The van der Waals surface area contributed by atoms with Crippen LogP contribution in [0.1, 0.15) is 63.5 Å². The maximum atomic E-state index is 13.9. The summed E-state index contributed by atoms with van der Waals surface area (Å²) in [4.78, 5) is 32.8. The lowest BCUT2D eigenvalue weighted by molar-refractivity contribution is -0.139. The van der Waals surface area contributed by atoms with Crippen molar-refractivity contribution in [1.29, 1.82) is 0 Å². The van der Waals surface area contributed by atoms with Crippen LogP contribution in [0.3, 0.4) is 0 Å². The molecule has 2 fully saturated rings. The minimum Gasteiger partial charge on any atom is -0.439 e. The monoisotopic (exact) mass is 482 g/mol. The highest BCUT2D eigenvalue weighted by atomic mass is 19.1. The predicted molar refractivity (Wildman–Crippen MR) is 131 cm³/mol. The van der Waals surface area contributed by atoms with E-state index in [0.717, 1.165) is 44.1 Å². The zero-order valence-corrected chi connectivity index (χ0v) is 20.5. The van der Waals surface area contributed by atoms with Gasteiger partial charge in [0.1, 0.15) is 17.6 Å². The third kappa shape index (κ3) is 6.17. The molecule has 35 heavy (non-hydrogen) atoms. The van der Waals surface area contributed by atoms with E-state index < -0.39 is 6.04 Å². The normalized spacial score (nSPS) is 20.3. The van der Waals surface area contributed by atoms with Crippen LogP contribution in [0.2, 0.25) is 0 Å². The quantitative estimate of drug-likeness (QED) is 0.585. The van der Waals surface area contributed by atoms with Crippen molar-refractivity contribution in [3.05, 3.63) is 54.0 Å². The number of likely N-dealkylation sites (tertiary alicyclic amines) is 1. The lowest BCUT2D eigenvalue weighted by Crippen LogP contribution is -2.55. The van der Waals surface area contributed by atoms with Gasteiger partial charge in [-0.1, -0.05) is 19.3 Å². The summed E-state index contributed by atoms with van der Waals surface area (Å²) in [6, 6.07) is 8.55. The van der Waals surface area contributed by atoms with Gasteiger partial charge in [-0.25, -0.2) is 9.37 Å². The summed E-state index contributed by atoms with van der Waals surface area (Å²) in [5.74, 6) is 0.561. The number of ether oxygens (including phenoxy) is 1. The number of hydrogen-bond acceptors (Lipinski definition) is 5. The molecule has 1 aliphatic heterocycles. The minimum absolute atomic E-state index is 0.00568. The number of aromatic nitrogens is 1. The van der Waals surface area contributed by atoms with Crippen molar-refractivity contribution in [3.63, 3.8) is 0 Å². The third-order valence-electron chi connectivity index (χ3n) is 7.23. The molecule has 2 heterocycles. The van der Waals surface area contributed by atoms with E-state index in [1.807, 2.05) is 17.0 Å². The molecule has 1 aromatic carbocycles. The van der Waals surface area contributed by atoms with E-state index in [0.29, 0.717) is 18.2 Å². The number of nitrogens with zero attached hydrogens (tertiary/aromatic N) is 2. The first-order valence-electron chi connectivity index (χ1n) is 12.6. The highest BCUT2D eigenvalue weighted by molar-refractivity contribution is 5.90. The van der Waals surface area contributed by atoms with Crippen LogP contribution in [-0.2, 0) is 9.59 Å². The van der Waals surface area contributed by atoms with Crippen LogP contribution in [0.15, 0.2) is 42.6 Å². The highest BCUT2D eigenvalue weighted by Gasteiger charge is 2.39. The number of pyridine rings is 1. The molecular weight excluding hydrogens is 447 g/mol. The topological polar surface area (TPSA) is 83.6 Å². The molecule has 4 rings (SSSR count). The Bertz CT molecular complexity index is 1010. The Morgan fingerprint density at radius 1 is 1.09 bits per heavy atom.